The summed E-state index contributed by atoms with van der Waals surface area (Å²) in [6, 6.07) is 23.6. The first-order valence-electron chi connectivity index (χ1n) is 14.0. The Balaban J connectivity index is 1.15. The highest BCUT2D eigenvalue weighted by molar-refractivity contribution is 7.99. The number of piperazine rings is 1. The summed E-state index contributed by atoms with van der Waals surface area (Å²) in [6.07, 6.45) is 1.34. The van der Waals surface area contributed by atoms with Crippen LogP contribution < -0.4 is 4.74 Å². The van der Waals surface area contributed by atoms with Crippen LogP contribution in [0, 0.1) is 5.82 Å². The first kappa shape index (κ1) is 29.3. The van der Waals surface area contributed by atoms with Gasteiger partial charge < -0.3 is 14.5 Å². The minimum atomic E-state index is -0.318. The number of hydrogen-bond acceptors (Lipinski definition) is 6. The third-order valence-electron chi connectivity index (χ3n) is 7.31. The molecule has 0 aliphatic carbocycles. The molecule has 0 saturated carbocycles. The zero-order chi connectivity index (χ0) is 29.5. The lowest BCUT2D eigenvalue weighted by Gasteiger charge is -2.40. The summed E-state index contributed by atoms with van der Waals surface area (Å²) in [4.78, 5) is 29.5. The molecule has 0 N–H and O–H groups in total. The first-order valence-corrected chi connectivity index (χ1v) is 15.0. The average Bonchev–Trinajstić information content (AvgIpc) is 3.44. The lowest BCUT2D eigenvalue weighted by molar-refractivity contribution is -0.142. The Labute approximate surface area is 249 Å². The number of hydrogen-bond donors (Lipinski definition) is 0. The molecule has 1 unspecified atom stereocenters. The molecule has 1 aromatic heterocycles. The minimum absolute atomic E-state index is 0.00606. The van der Waals surface area contributed by atoms with Gasteiger partial charge in [-0.3, -0.25) is 14.2 Å². The topological polar surface area (TPSA) is 80.6 Å². The number of halogens is 1. The van der Waals surface area contributed by atoms with E-state index in [-0.39, 0.29) is 30.1 Å². The van der Waals surface area contributed by atoms with E-state index in [4.69, 9.17) is 4.74 Å². The summed E-state index contributed by atoms with van der Waals surface area (Å²) >= 11 is 1.57. The van der Waals surface area contributed by atoms with Crippen LogP contribution in [0.4, 0.5) is 4.39 Å². The van der Waals surface area contributed by atoms with E-state index in [9.17, 15) is 14.0 Å². The van der Waals surface area contributed by atoms with E-state index in [1.807, 2.05) is 75.9 Å². The Morgan fingerprint density at radius 3 is 2.50 bits per heavy atom. The Morgan fingerprint density at radius 1 is 0.976 bits per heavy atom. The number of amides is 2. The second-order valence-corrected chi connectivity index (χ2v) is 11.3. The fourth-order valence-corrected chi connectivity index (χ4v) is 5.99. The standard InChI is InChI=1S/C32H34FN5O3S/c1-23-22-36(17-18-37(23)30(40)20-24-13-15-26(33)16-14-24)29(39)12-7-19-42-32-35-34-31(25-8-6-11-28(21-25)41-2)38(32)27-9-4-3-5-10-27/h3-6,8-11,13-16,21,23H,7,12,17-20,22H2,1-2H3. The second kappa shape index (κ2) is 13.7. The van der Waals surface area contributed by atoms with Crippen LogP contribution in [0.15, 0.2) is 84.0 Å². The zero-order valence-electron chi connectivity index (χ0n) is 23.8. The fraction of sp³-hybridized carbons (Fsp3) is 0.312. The van der Waals surface area contributed by atoms with Crippen molar-refractivity contribution in [1.29, 1.82) is 0 Å². The molecule has 4 aromatic rings. The van der Waals surface area contributed by atoms with Crippen molar-refractivity contribution in [3.8, 4) is 22.8 Å². The number of carbonyl (C=O) groups is 2. The molecule has 218 valence electrons. The molecule has 0 spiro atoms. The minimum Gasteiger partial charge on any atom is -0.497 e. The number of benzene rings is 3. The van der Waals surface area contributed by atoms with Gasteiger partial charge in [0.1, 0.15) is 11.6 Å². The maximum atomic E-state index is 13.2. The molecule has 2 amide bonds. The predicted octanol–water partition coefficient (Wildman–Crippen LogP) is 5.26. The van der Waals surface area contributed by atoms with Gasteiger partial charge in [0.25, 0.3) is 0 Å². The van der Waals surface area contributed by atoms with Gasteiger partial charge in [-0.05, 0) is 55.3 Å². The van der Waals surface area contributed by atoms with Crippen LogP contribution in [-0.2, 0) is 16.0 Å². The molecule has 1 atom stereocenters. The van der Waals surface area contributed by atoms with Gasteiger partial charge in [-0.1, -0.05) is 54.2 Å². The van der Waals surface area contributed by atoms with Gasteiger partial charge in [-0.2, -0.15) is 0 Å². The van der Waals surface area contributed by atoms with Gasteiger partial charge in [0, 0.05) is 49.1 Å². The van der Waals surface area contributed by atoms with Gasteiger partial charge in [0.2, 0.25) is 11.8 Å². The van der Waals surface area contributed by atoms with E-state index < -0.39 is 0 Å². The molecular weight excluding hydrogens is 553 g/mol. The molecule has 1 aliphatic heterocycles. The highest BCUT2D eigenvalue weighted by Crippen LogP contribution is 2.30. The highest BCUT2D eigenvalue weighted by Gasteiger charge is 2.29. The fourth-order valence-electron chi connectivity index (χ4n) is 5.10. The maximum Gasteiger partial charge on any atom is 0.227 e. The molecular formula is C32H34FN5O3S. The Morgan fingerprint density at radius 2 is 1.76 bits per heavy atom. The molecule has 0 radical (unpaired) electrons. The van der Waals surface area contributed by atoms with Crippen LogP contribution in [0.3, 0.4) is 0 Å². The van der Waals surface area contributed by atoms with Gasteiger partial charge in [-0.15, -0.1) is 10.2 Å². The monoisotopic (exact) mass is 587 g/mol. The summed E-state index contributed by atoms with van der Waals surface area (Å²) in [5, 5.41) is 9.74. The number of carbonyl (C=O) groups excluding carboxylic acids is 2. The van der Waals surface area contributed by atoms with Crippen LogP contribution in [0.1, 0.15) is 25.3 Å². The molecule has 10 heteroatoms. The van der Waals surface area contributed by atoms with Crippen molar-refractivity contribution in [2.45, 2.75) is 37.4 Å². The number of rotatable bonds is 10. The first-order chi connectivity index (χ1) is 20.4. The molecule has 42 heavy (non-hydrogen) atoms. The number of thioether (sulfide) groups is 1. The lowest BCUT2D eigenvalue weighted by atomic mass is 10.1. The Kier molecular flexibility index (Phi) is 9.53. The number of ether oxygens (including phenoxy) is 1. The molecule has 1 saturated heterocycles. The van der Waals surface area contributed by atoms with E-state index in [1.165, 1.54) is 12.1 Å². The molecule has 3 aromatic carbocycles. The highest BCUT2D eigenvalue weighted by atomic mass is 32.2. The summed E-state index contributed by atoms with van der Waals surface area (Å²) in [7, 11) is 1.64. The third-order valence-corrected chi connectivity index (χ3v) is 8.33. The normalized spacial score (nSPS) is 15.1. The van der Waals surface area contributed by atoms with Crippen LogP contribution in [0.5, 0.6) is 5.75 Å². The van der Waals surface area contributed by atoms with E-state index in [0.29, 0.717) is 38.2 Å². The number of aromatic nitrogens is 3. The number of para-hydroxylation sites is 1. The summed E-state index contributed by atoms with van der Waals surface area (Å²) < 4.78 is 20.6. The SMILES string of the molecule is COc1cccc(-c2nnc(SCCCC(=O)N3CCN(C(=O)Cc4ccc(F)cc4)C(C)C3)n2-c2ccccc2)c1. The maximum absolute atomic E-state index is 13.2. The number of methoxy groups -OCH3 is 1. The van der Waals surface area contributed by atoms with E-state index >= 15 is 0 Å². The summed E-state index contributed by atoms with van der Waals surface area (Å²) in [6.45, 7) is 3.48. The van der Waals surface area contributed by atoms with E-state index in [2.05, 4.69) is 10.2 Å². The van der Waals surface area contributed by atoms with Crippen molar-refractivity contribution >= 4 is 23.6 Å². The zero-order valence-corrected chi connectivity index (χ0v) is 24.6. The van der Waals surface area contributed by atoms with Crippen molar-refractivity contribution in [3.63, 3.8) is 0 Å². The van der Waals surface area contributed by atoms with Gasteiger partial charge in [0.15, 0.2) is 11.0 Å². The summed E-state index contributed by atoms with van der Waals surface area (Å²) in [5.41, 5.74) is 2.64. The van der Waals surface area contributed by atoms with Crippen molar-refractivity contribution in [2.24, 2.45) is 0 Å². The van der Waals surface area contributed by atoms with Crippen LogP contribution >= 0.6 is 11.8 Å². The predicted molar refractivity (Wildman–Crippen MR) is 161 cm³/mol. The van der Waals surface area contributed by atoms with Gasteiger partial charge in [0.05, 0.1) is 13.5 Å². The van der Waals surface area contributed by atoms with Gasteiger partial charge >= 0.3 is 0 Å². The molecule has 1 aliphatic rings. The van der Waals surface area contributed by atoms with E-state index in [0.717, 1.165) is 33.5 Å². The smallest absolute Gasteiger partial charge is 0.227 e. The molecule has 5 rings (SSSR count). The summed E-state index contributed by atoms with van der Waals surface area (Å²) in [5.74, 6) is 1.94. The Hall–Kier alpha value is -4.18. The third kappa shape index (κ3) is 6.99. The average molecular weight is 588 g/mol. The molecule has 1 fully saturated rings. The van der Waals surface area contributed by atoms with Crippen molar-refractivity contribution in [2.75, 3.05) is 32.5 Å². The van der Waals surface area contributed by atoms with Gasteiger partial charge in [-0.25, -0.2) is 4.39 Å². The Bertz CT molecular complexity index is 1510. The van der Waals surface area contributed by atoms with Crippen molar-refractivity contribution in [3.05, 3.63) is 90.2 Å². The number of nitrogens with zero attached hydrogens (tertiary/aromatic N) is 5. The van der Waals surface area contributed by atoms with E-state index in [1.54, 1.807) is 31.0 Å². The molecule has 2 heterocycles. The second-order valence-electron chi connectivity index (χ2n) is 10.2. The van der Waals surface area contributed by atoms with Crippen molar-refractivity contribution in [1.82, 2.24) is 24.6 Å². The molecule has 0 bridgehead atoms. The van der Waals surface area contributed by atoms with Crippen LogP contribution in [0.25, 0.3) is 17.1 Å². The van der Waals surface area contributed by atoms with Crippen molar-refractivity contribution < 1.29 is 18.7 Å². The largest absolute Gasteiger partial charge is 0.497 e. The van der Waals surface area contributed by atoms with Crippen LogP contribution in [0.2, 0.25) is 0 Å². The molecule has 8 nitrogen and oxygen atoms in total. The van der Waals surface area contributed by atoms with Crippen LogP contribution in [-0.4, -0.2) is 74.9 Å². The lowest BCUT2D eigenvalue weighted by Crippen LogP contribution is -2.55. The quantitative estimate of drug-likeness (QED) is 0.186.